The van der Waals surface area contributed by atoms with Crippen molar-refractivity contribution in [3.8, 4) is 17.2 Å². The minimum Gasteiger partial charge on any atom is -0.508 e. The zero-order valence-corrected chi connectivity index (χ0v) is 57.1. The van der Waals surface area contributed by atoms with E-state index in [4.69, 9.17) is 17.2 Å². The molecule has 12 atom stereocenters. The van der Waals surface area contributed by atoms with Crippen molar-refractivity contribution in [1.82, 2.24) is 62.1 Å². The number of carbonyl (C=O) groups excluding carboxylic acids is 14. The summed E-state index contributed by atoms with van der Waals surface area (Å²) < 4.78 is 0. The highest BCUT2D eigenvalue weighted by atomic mass is 16.4. The van der Waals surface area contributed by atoms with Crippen LogP contribution in [0.2, 0.25) is 0 Å². The number of rotatable bonds is 34. The molecule has 0 saturated carbocycles. The van der Waals surface area contributed by atoms with Crippen molar-refractivity contribution < 1.29 is 97.5 Å². The van der Waals surface area contributed by atoms with Gasteiger partial charge in [-0.25, -0.2) is 4.79 Å². The topological polar surface area (TPSA) is 544 Å². The summed E-state index contributed by atoms with van der Waals surface area (Å²) in [6, 6.07) is 2.37. The number of aliphatic hydroxyl groups excluding tert-OH is 1. The van der Waals surface area contributed by atoms with Crippen LogP contribution in [0.5, 0.6) is 17.2 Å². The molecule has 0 radical (unpaired) electrons. The van der Waals surface area contributed by atoms with Crippen LogP contribution in [0.15, 0.2) is 72.8 Å². The molecular formula is C68H91N15O20. The van der Waals surface area contributed by atoms with Crippen LogP contribution in [-0.4, -0.2) is 246 Å². The van der Waals surface area contributed by atoms with Crippen LogP contribution in [0.4, 0.5) is 0 Å². The Morgan fingerprint density at radius 1 is 0.456 bits per heavy atom. The molecule has 4 heterocycles. The van der Waals surface area contributed by atoms with Gasteiger partial charge in [0.15, 0.2) is 0 Å². The van der Waals surface area contributed by atoms with E-state index < -0.39 is 174 Å². The Bertz CT molecular complexity index is 3620. The summed E-state index contributed by atoms with van der Waals surface area (Å²) in [6.07, 6.45) is -1.46. The molecule has 103 heavy (non-hydrogen) atoms. The summed E-state index contributed by atoms with van der Waals surface area (Å²) in [6.45, 7) is 1.29. The number of aromatic hydroxyl groups is 3. The number of nitrogens with zero attached hydrogens (tertiary/aromatic N) is 4. The number of amides is 14. The molecule has 35 heteroatoms. The van der Waals surface area contributed by atoms with E-state index in [0.29, 0.717) is 36.0 Å². The van der Waals surface area contributed by atoms with Gasteiger partial charge in [0.2, 0.25) is 82.7 Å². The number of likely N-dealkylation sites (tertiary alicyclic amines) is 4. The van der Waals surface area contributed by atoms with Gasteiger partial charge < -0.3 is 105 Å². The zero-order valence-electron chi connectivity index (χ0n) is 57.1. The SMILES string of the molecule is C[C@H](NC(=O)[C@@H](N)CCC(N)=O)C(=O)N[C@@H](CCC(N)=O)C(=O)NCC(=O)N1CCC[C@H]1C(=O)N1CCC[C@H]1C(=O)N[C@@H](Cc1ccc(O)cc1)C(=O)N1CCC[C@H]1C(=O)N[C@H](C(=O)N[C@@H](Cc1ccc(O)cc1)C(=O)N1CCC[C@H]1C(=O)NCC(=O)N[C@@H](Cc1ccc(O)cc1)C(=O)O)[C@@H](C)O. The summed E-state index contributed by atoms with van der Waals surface area (Å²) in [4.78, 5) is 208. The number of hydrogen-bond acceptors (Lipinski definition) is 20. The standard InChI is InChI=1S/C68H91N15O20/c1-36(74-59(93)44(69)23-25-53(70)88)58(92)76-45(24-26-54(71)89)60(94)73-35-56(91)80-27-6-10-52(80)67(101)83-30-5-8-50(83)62(96)77-46(31-38-11-17-41(85)18-12-38)65(99)82-29-4-9-51(82)63(97)79-57(37(2)84)64(98)78-47(32-39-13-19-42(86)20-14-39)66(100)81-28-3-7-49(81)61(95)72-34-55(90)75-48(68(102)103)33-40-15-21-43(87)22-16-40/h11-22,36-37,44-52,57,84-87H,3-10,23-35,69H2,1-2H3,(H2,70,88)(H2,71,89)(H,72,95)(H,73,94)(H,74,93)(H,75,90)(H,76,92)(H,77,96)(H,78,98)(H,79,97)(H,102,103)/t36-,37+,44-,45-,46-,47-,48-,49-,50-,51-,52-,57-/m0/s1. The first-order valence-corrected chi connectivity index (χ1v) is 34.0. The molecule has 7 rings (SSSR count). The van der Waals surface area contributed by atoms with Crippen molar-refractivity contribution in [2.75, 3.05) is 39.3 Å². The van der Waals surface area contributed by atoms with E-state index in [1.165, 1.54) is 106 Å². The van der Waals surface area contributed by atoms with E-state index in [0.717, 1.165) is 0 Å². The van der Waals surface area contributed by atoms with E-state index >= 15 is 0 Å². The first kappa shape index (κ1) is 79.4. The Morgan fingerprint density at radius 2 is 0.883 bits per heavy atom. The molecule has 14 amide bonds. The van der Waals surface area contributed by atoms with Crippen LogP contribution in [0.25, 0.3) is 0 Å². The van der Waals surface area contributed by atoms with E-state index in [1.807, 2.05) is 0 Å². The number of aliphatic carboxylic acids is 1. The number of nitrogens with two attached hydrogens (primary N) is 3. The minimum atomic E-state index is -1.78. The summed E-state index contributed by atoms with van der Waals surface area (Å²) in [5.41, 5.74) is 17.7. The lowest BCUT2D eigenvalue weighted by Crippen LogP contribution is -2.61. The molecule has 0 aromatic heterocycles. The Hall–Kier alpha value is -11.0. The average molecular weight is 1440 g/mol. The van der Waals surface area contributed by atoms with Crippen molar-refractivity contribution in [3.63, 3.8) is 0 Å². The summed E-state index contributed by atoms with van der Waals surface area (Å²) in [5, 5.41) is 70.8. The molecule has 19 N–H and O–H groups in total. The molecule has 4 aliphatic rings. The van der Waals surface area contributed by atoms with Gasteiger partial charge in [0.05, 0.1) is 25.2 Å². The molecule has 4 saturated heterocycles. The number of carboxylic acids is 1. The first-order chi connectivity index (χ1) is 48.9. The van der Waals surface area contributed by atoms with Crippen LogP contribution in [0.1, 0.15) is 108 Å². The summed E-state index contributed by atoms with van der Waals surface area (Å²) in [7, 11) is 0. The number of phenolic OH excluding ortho intramolecular Hbond substituents is 3. The number of primary amides is 2. The fourth-order valence-corrected chi connectivity index (χ4v) is 12.8. The highest BCUT2D eigenvalue weighted by Crippen LogP contribution is 2.28. The first-order valence-electron chi connectivity index (χ1n) is 34.0. The molecule has 0 bridgehead atoms. The van der Waals surface area contributed by atoms with Gasteiger partial charge in [-0.05, 0) is 131 Å². The van der Waals surface area contributed by atoms with Gasteiger partial charge in [-0.2, -0.15) is 0 Å². The zero-order chi connectivity index (χ0) is 75.4. The second kappa shape index (κ2) is 37.1. The van der Waals surface area contributed by atoms with Crippen molar-refractivity contribution in [3.05, 3.63) is 89.5 Å². The molecule has 4 aliphatic heterocycles. The lowest BCUT2D eigenvalue weighted by Gasteiger charge is -2.33. The molecule has 558 valence electrons. The number of nitrogens with one attached hydrogen (secondary N) is 8. The lowest BCUT2D eigenvalue weighted by molar-refractivity contribution is -0.147. The van der Waals surface area contributed by atoms with Crippen LogP contribution in [-0.2, 0) is 91.2 Å². The van der Waals surface area contributed by atoms with E-state index in [2.05, 4.69) is 42.5 Å². The molecule has 3 aromatic rings. The molecule has 0 unspecified atom stereocenters. The third-order valence-electron chi connectivity index (χ3n) is 18.4. The molecule has 0 spiro atoms. The monoisotopic (exact) mass is 1440 g/mol. The predicted octanol–water partition coefficient (Wildman–Crippen LogP) is -4.72. The Morgan fingerprint density at radius 3 is 1.38 bits per heavy atom. The average Bonchev–Trinajstić information content (AvgIpc) is 1.71. The normalized spacial score (nSPS) is 19.4. The van der Waals surface area contributed by atoms with Gasteiger partial charge in [0.1, 0.15) is 77.7 Å². The van der Waals surface area contributed by atoms with Gasteiger partial charge in [0.25, 0.3) is 0 Å². The molecule has 4 fully saturated rings. The molecule has 0 aliphatic carbocycles. The lowest BCUT2D eigenvalue weighted by atomic mass is 10.0. The number of aliphatic hydroxyl groups is 1. The van der Waals surface area contributed by atoms with Crippen LogP contribution in [0, 0.1) is 0 Å². The molecule has 35 nitrogen and oxygen atoms in total. The summed E-state index contributed by atoms with van der Waals surface area (Å²) >= 11 is 0. The highest BCUT2D eigenvalue weighted by molar-refractivity contribution is 6.00. The number of carboxylic acid groups (broad SMARTS) is 1. The number of phenols is 3. The van der Waals surface area contributed by atoms with Crippen molar-refractivity contribution in [1.29, 1.82) is 0 Å². The predicted molar refractivity (Wildman–Crippen MR) is 362 cm³/mol. The maximum absolute atomic E-state index is 15.0. The van der Waals surface area contributed by atoms with Crippen LogP contribution >= 0.6 is 0 Å². The Balaban J connectivity index is 0.996. The highest BCUT2D eigenvalue weighted by Gasteiger charge is 2.46. The Labute approximate surface area is 592 Å². The second-order valence-electron chi connectivity index (χ2n) is 26.1. The third-order valence-corrected chi connectivity index (χ3v) is 18.4. The number of benzene rings is 3. The maximum Gasteiger partial charge on any atom is 0.326 e. The van der Waals surface area contributed by atoms with Crippen LogP contribution in [0.3, 0.4) is 0 Å². The fourth-order valence-electron chi connectivity index (χ4n) is 12.8. The van der Waals surface area contributed by atoms with Gasteiger partial charge in [0, 0.05) is 58.3 Å². The third kappa shape index (κ3) is 22.5. The maximum atomic E-state index is 15.0. The van der Waals surface area contributed by atoms with E-state index in [-0.39, 0.29) is 120 Å². The second-order valence-corrected chi connectivity index (χ2v) is 26.1. The van der Waals surface area contributed by atoms with Crippen molar-refractivity contribution in [2.24, 2.45) is 17.2 Å². The molecule has 3 aromatic carbocycles. The van der Waals surface area contributed by atoms with Crippen molar-refractivity contribution >= 4 is 88.7 Å². The van der Waals surface area contributed by atoms with Gasteiger partial charge in [-0.3, -0.25) is 67.1 Å². The quantitative estimate of drug-likeness (QED) is 0.0267. The van der Waals surface area contributed by atoms with Crippen molar-refractivity contribution in [2.45, 2.75) is 183 Å². The van der Waals surface area contributed by atoms with Gasteiger partial charge in [-0.15, -0.1) is 0 Å². The van der Waals surface area contributed by atoms with Gasteiger partial charge >= 0.3 is 5.97 Å². The van der Waals surface area contributed by atoms with E-state index in [1.54, 1.807) is 0 Å². The smallest absolute Gasteiger partial charge is 0.326 e. The molecular weight excluding hydrogens is 1350 g/mol. The van der Waals surface area contributed by atoms with Gasteiger partial charge in [-0.1, -0.05) is 36.4 Å². The largest absolute Gasteiger partial charge is 0.508 e. The van der Waals surface area contributed by atoms with E-state index in [9.17, 15) is 97.5 Å². The Kier molecular flexibility index (Phi) is 28.6. The van der Waals surface area contributed by atoms with Crippen LogP contribution < -0.4 is 59.7 Å². The summed E-state index contributed by atoms with van der Waals surface area (Å²) in [5.74, 6) is -12.9. The number of hydrogen-bond donors (Lipinski definition) is 16. The number of carbonyl (C=O) groups is 15. The minimum absolute atomic E-state index is 0.0174. The fraction of sp³-hybridized carbons (Fsp3) is 0.515.